The van der Waals surface area contributed by atoms with Crippen molar-refractivity contribution in [2.45, 2.75) is 45.1 Å². The van der Waals surface area contributed by atoms with Crippen LogP contribution in [-0.2, 0) is 11.2 Å². The summed E-state index contributed by atoms with van der Waals surface area (Å²) < 4.78 is 6.57. The maximum atomic E-state index is 13.1. The largest absolute Gasteiger partial charge is 0.339 e. The maximum absolute atomic E-state index is 13.1. The molecule has 1 atom stereocenters. The molecule has 31 heavy (non-hydrogen) atoms. The fourth-order valence-corrected chi connectivity index (χ4v) is 5.17. The molecule has 0 aliphatic carbocycles. The lowest BCUT2D eigenvalue weighted by Gasteiger charge is -2.34. The van der Waals surface area contributed by atoms with Crippen molar-refractivity contribution in [2.75, 3.05) is 6.54 Å². The van der Waals surface area contributed by atoms with E-state index >= 15 is 0 Å². The fourth-order valence-electron chi connectivity index (χ4n) is 4.05. The Morgan fingerprint density at radius 1 is 1.13 bits per heavy atom. The molecule has 0 radical (unpaired) electrons. The van der Waals surface area contributed by atoms with E-state index in [1.807, 2.05) is 54.3 Å². The predicted molar refractivity (Wildman–Crippen MR) is 121 cm³/mol. The van der Waals surface area contributed by atoms with Gasteiger partial charge in [-0.25, -0.2) is 4.98 Å². The summed E-state index contributed by atoms with van der Waals surface area (Å²) in [6, 6.07) is 16.2. The van der Waals surface area contributed by atoms with E-state index in [9.17, 15) is 4.79 Å². The molecular weight excluding hydrogens is 408 g/mol. The van der Waals surface area contributed by atoms with Crippen molar-refractivity contribution in [3.8, 4) is 11.4 Å². The van der Waals surface area contributed by atoms with E-state index in [1.165, 1.54) is 10.3 Å². The van der Waals surface area contributed by atoms with E-state index in [0.717, 1.165) is 41.9 Å². The van der Waals surface area contributed by atoms with Gasteiger partial charge in [0.25, 0.3) is 0 Å². The van der Waals surface area contributed by atoms with Crippen molar-refractivity contribution in [3.05, 3.63) is 65.0 Å². The van der Waals surface area contributed by atoms with Crippen LogP contribution in [0.15, 0.2) is 53.1 Å². The van der Waals surface area contributed by atoms with Gasteiger partial charge in [-0.2, -0.15) is 4.98 Å². The van der Waals surface area contributed by atoms with Crippen LogP contribution in [0.5, 0.6) is 0 Å². The second-order valence-corrected chi connectivity index (χ2v) is 9.06. The van der Waals surface area contributed by atoms with Crippen molar-refractivity contribution in [1.82, 2.24) is 20.0 Å². The quantitative estimate of drug-likeness (QED) is 0.426. The van der Waals surface area contributed by atoms with Gasteiger partial charge in [0.2, 0.25) is 17.6 Å². The molecule has 3 heterocycles. The van der Waals surface area contributed by atoms with Gasteiger partial charge in [-0.1, -0.05) is 47.1 Å². The van der Waals surface area contributed by atoms with Crippen LogP contribution in [0.1, 0.15) is 48.2 Å². The van der Waals surface area contributed by atoms with E-state index in [0.29, 0.717) is 24.6 Å². The number of carbonyl (C=O) groups is 1. The number of aryl methyl sites for hydroxylation is 2. The van der Waals surface area contributed by atoms with Gasteiger partial charge in [0, 0.05) is 24.9 Å². The Morgan fingerprint density at radius 3 is 2.81 bits per heavy atom. The number of thiazole rings is 1. The Hall–Kier alpha value is -3.06. The molecule has 6 nitrogen and oxygen atoms in total. The first-order valence-electron chi connectivity index (χ1n) is 10.7. The summed E-state index contributed by atoms with van der Waals surface area (Å²) in [6.07, 6.45) is 3.92. The third-order valence-electron chi connectivity index (χ3n) is 5.75. The van der Waals surface area contributed by atoms with Gasteiger partial charge >= 0.3 is 0 Å². The molecule has 0 bridgehead atoms. The summed E-state index contributed by atoms with van der Waals surface area (Å²) in [5.74, 6) is 1.18. The molecule has 7 heteroatoms. The number of piperidine rings is 1. The average Bonchev–Trinajstić information content (AvgIpc) is 3.45. The molecule has 0 N–H and O–H groups in total. The number of carbonyl (C=O) groups excluding carboxylic acids is 1. The molecule has 5 rings (SSSR count). The van der Waals surface area contributed by atoms with Gasteiger partial charge in [0.05, 0.1) is 16.3 Å². The molecule has 1 aliphatic rings. The lowest BCUT2D eigenvalue weighted by atomic mass is 10.0. The first-order valence-corrected chi connectivity index (χ1v) is 11.5. The molecule has 0 spiro atoms. The zero-order valence-electron chi connectivity index (χ0n) is 17.5. The zero-order valence-corrected chi connectivity index (χ0v) is 18.3. The topological polar surface area (TPSA) is 72.1 Å². The predicted octanol–water partition coefficient (Wildman–Crippen LogP) is 5.34. The monoisotopic (exact) mass is 432 g/mol. The number of likely N-dealkylation sites (tertiary alicyclic amines) is 1. The summed E-state index contributed by atoms with van der Waals surface area (Å²) in [7, 11) is 0. The molecule has 2 aromatic heterocycles. The van der Waals surface area contributed by atoms with Crippen LogP contribution >= 0.6 is 11.3 Å². The van der Waals surface area contributed by atoms with E-state index in [2.05, 4.69) is 16.2 Å². The second-order valence-electron chi connectivity index (χ2n) is 8.00. The normalized spacial score (nSPS) is 16.7. The lowest BCUT2D eigenvalue weighted by Crippen LogP contribution is -2.38. The van der Waals surface area contributed by atoms with Crippen molar-refractivity contribution < 1.29 is 9.32 Å². The highest BCUT2D eigenvalue weighted by Gasteiger charge is 2.30. The first-order chi connectivity index (χ1) is 15.2. The van der Waals surface area contributed by atoms with Crippen LogP contribution < -0.4 is 0 Å². The summed E-state index contributed by atoms with van der Waals surface area (Å²) in [5, 5.41) is 5.11. The highest BCUT2D eigenvalue weighted by Crippen LogP contribution is 2.36. The molecule has 0 saturated carbocycles. The standard InChI is InChI=1S/C24H24N4O2S/c1-16-9-11-17(12-10-16)23-26-21(30-27-23)13-14-22(29)28-15-5-4-7-19(28)24-25-18-6-2-3-8-20(18)31-24/h2-3,6,8-12,19H,4-5,7,13-15H2,1H3/t19-/m0/s1. The number of nitrogens with zero attached hydrogens (tertiary/aromatic N) is 4. The maximum Gasteiger partial charge on any atom is 0.227 e. The fraction of sp³-hybridized carbons (Fsp3) is 0.333. The van der Waals surface area contributed by atoms with Gasteiger partial charge in [0.1, 0.15) is 5.01 Å². The highest BCUT2D eigenvalue weighted by atomic mass is 32.1. The number of rotatable bonds is 5. The van der Waals surface area contributed by atoms with Gasteiger partial charge in [-0.15, -0.1) is 11.3 Å². The minimum absolute atomic E-state index is 0.0597. The third-order valence-corrected chi connectivity index (χ3v) is 6.89. The molecule has 158 valence electrons. The summed E-state index contributed by atoms with van der Waals surface area (Å²) >= 11 is 1.70. The van der Waals surface area contributed by atoms with E-state index < -0.39 is 0 Å². The van der Waals surface area contributed by atoms with Crippen molar-refractivity contribution in [1.29, 1.82) is 0 Å². The summed E-state index contributed by atoms with van der Waals surface area (Å²) in [5.41, 5.74) is 3.11. The van der Waals surface area contributed by atoms with Crippen LogP contribution in [0, 0.1) is 6.92 Å². The van der Waals surface area contributed by atoms with Crippen molar-refractivity contribution in [2.24, 2.45) is 0 Å². The molecule has 1 saturated heterocycles. The molecular formula is C24H24N4O2S. The average molecular weight is 433 g/mol. The van der Waals surface area contributed by atoms with Gasteiger partial charge in [0.15, 0.2) is 0 Å². The van der Waals surface area contributed by atoms with Crippen LogP contribution in [0.3, 0.4) is 0 Å². The van der Waals surface area contributed by atoms with E-state index in [-0.39, 0.29) is 11.9 Å². The zero-order chi connectivity index (χ0) is 21.2. The molecule has 1 amide bonds. The Morgan fingerprint density at radius 2 is 1.97 bits per heavy atom. The first kappa shape index (κ1) is 19.9. The van der Waals surface area contributed by atoms with Crippen LogP contribution in [0.25, 0.3) is 21.6 Å². The number of benzene rings is 2. The van der Waals surface area contributed by atoms with Crippen LogP contribution in [0.2, 0.25) is 0 Å². The van der Waals surface area contributed by atoms with Gasteiger partial charge in [-0.3, -0.25) is 4.79 Å². The Balaban J connectivity index is 1.27. The highest BCUT2D eigenvalue weighted by molar-refractivity contribution is 7.18. The number of hydrogen-bond donors (Lipinski definition) is 0. The Labute approximate surface area is 184 Å². The van der Waals surface area contributed by atoms with E-state index in [4.69, 9.17) is 9.51 Å². The third kappa shape index (κ3) is 4.23. The van der Waals surface area contributed by atoms with Crippen LogP contribution in [-0.4, -0.2) is 32.5 Å². The Kier molecular flexibility index (Phi) is 5.51. The summed E-state index contributed by atoms with van der Waals surface area (Å²) in [4.78, 5) is 24.4. The number of aromatic nitrogens is 3. The van der Waals surface area contributed by atoms with E-state index in [1.54, 1.807) is 11.3 Å². The van der Waals surface area contributed by atoms with Crippen LogP contribution in [0.4, 0.5) is 0 Å². The smallest absolute Gasteiger partial charge is 0.227 e. The molecule has 0 unspecified atom stereocenters. The number of para-hydroxylation sites is 1. The Bertz CT molecular complexity index is 1160. The van der Waals surface area contributed by atoms with Crippen molar-refractivity contribution in [3.63, 3.8) is 0 Å². The van der Waals surface area contributed by atoms with Crippen molar-refractivity contribution >= 4 is 27.5 Å². The minimum atomic E-state index is 0.0597. The van der Waals surface area contributed by atoms with Gasteiger partial charge in [-0.05, 0) is 38.3 Å². The van der Waals surface area contributed by atoms with Gasteiger partial charge < -0.3 is 9.42 Å². The molecule has 4 aromatic rings. The molecule has 1 aliphatic heterocycles. The minimum Gasteiger partial charge on any atom is -0.339 e. The lowest BCUT2D eigenvalue weighted by molar-refractivity contribution is -0.135. The number of hydrogen-bond acceptors (Lipinski definition) is 6. The number of amides is 1. The summed E-state index contributed by atoms with van der Waals surface area (Å²) in [6.45, 7) is 2.82. The number of fused-ring (bicyclic) bond motifs is 1. The SMILES string of the molecule is Cc1ccc(-c2noc(CCC(=O)N3CCCC[C@H]3c3nc4ccccc4s3)n2)cc1. The molecule has 1 fully saturated rings. The molecule has 2 aromatic carbocycles. The second kappa shape index (κ2) is 8.59.